The van der Waals surface area contributed by atoms with Crippen LogP contribution in [0.2, 0.25) is 0 Å². The lowest BCUT2D eigenvalue weighted by atomic mass is 9.99. The first-order chi connectivity index (χ1) is 9.45. The minimum absolute atomic E-state index is 0.176. The number of carboxylic acids is 1. The van der Waals surface area contributed by atoms with E-state index in [1.54, 1.807) is 24.4 Å². The maximum Gasteiger partial charge on any atom is 0.326 e. The molecule has 0 aromatic carbocycles. The van der Waals surface area contributed by atoms with Crippen molar-refractivity contribution in [2.75, 3.05) is 6.54 Å². The van der Waals surface area contributed by atoms with Gasteiger partial charge in [0, 0.05) is 0 Å². The molecular weight excluding hydrogens is 280 g/mol. The summed E-state index contributed by atoms with van der Waals surface area (Å²) in [4.78, 5) is 34.9. The Morgan fingerprint density at radius 2 is 2.10 bits per heavy atom. The second kappa shape index (κ2) is 7.64. The largest absolute Gasteiger partial charge is 0.480 e. The Kier molecular flexibility index (Phi) is 6.17. The minimum Gasteiger partial charge on any atom is -0.480 e. The fourth-order valence-electron chi connectivity index (χ4n) is 1.56. The molecule has 1 rings (SSSR count). The van der Waals surface area contributed by atoms with Crippen LogP contribution in [0.5, 0.6) is 0 Å². The van der Waals surface area contributed by atoms with Gasteiger partial charge in [-0.25, -0.2) is 4.79 Å². The predicted molar refractivity (Wildman–Crippen MR) is 75.7 cm³/mol. The van der Waals surface area contributed by atoms with Crippen LogP contribution in [0.4, 0.5) is 0 Å². The molecule has 0 fully saturated rings. The second-order valence-electron chi connectivity index (χ2n) is 4.43. The SMILES string of the molecule is CCC(C)C(NC(=O)CNC(=O)c1cccs1)C(=O)O. The van der Waals surface area contributed by atoms with Gasteiger partial charge >= 0.3 is 5.97 Å². The number of carbonyl (C=O) groups excluding carboxylic acids is 2. The quantitative estimate of drug-likeness (QED) is 0.702. The minimum atomic E-state index is -1.07. The van der Waals surface area contributed by atoms with Gasteiger partial charge in [-0.05, 0) is 17.4 Å². The molecule has 0 radical (unpaired) electrons. The van der Waals surface area contributed by atoms with Gasteiger partial charge in [-0.2, -0.15) is 0 Å². The Morgan fingerprint density at radius 3 is 2.60 bits per heavy atom. The van der Waals surface area contributed by atoms with Gasteiger partial charge < -0.3 is 15.7 Å². The molecule has 110 valence electrons. The van der Waals surface area contributed by atoms with Gasteiger partial charge in [-0.1, -0.05) is 26.3 Å². The Balaban J connectivity index is 2.46. The fraction of sp³-hybridized carbons (Fsp3) is 0.462. The van der Waals surface area contributed by atoms with Crippen molar-refractivity contribution >= 4 is 29.1 Å². The van der Waals surface area contributed by atoms with E-state index in [1.807, 2.05) is 6.92 Å². The number of nitrogens with one attached hydrogen (secondary N) is 2. The molecule has 2 unspecified atom stereocenters. The molecular formula is C13H18N2O4S. The summed E-state index contributed by atoms with van der Waals surface area (Å²) in [5.74, 6) is -2.10. The van der Waals surface area contributed by atoms with Crippen molar-refractivity contribution in [2.24, 2.45) is 5.92 Å². The topological polar surface area (TPSA) is 95.5 Å². The Labute approximate surface area is 121 Å². The molecule has 20 heavy (non-hydrogen) atoms. The standard InChI is InChI=1S/C13H18N2O4S/c1-3-8(2)11(13(18)19)15-10(16)7-14-12(17)9-5-4-6-20-9/h4-6,8,11H,3,7H2,1-2H3,(H,14,17)(H,15,16)(H,18,19). The van der Waals surface area contributed by atoms with E-state index in [9.17, 15) is 14.4 Å². The van der Waals surface area contributed by atoms with E-state index in [-0.39, 0.29) is 18.4 Å². The zero-order valence-corrected chi connectivity index (χ0v) is 12.2. The summed E-state index contributed by atoms with van der Waals surface area (Å²) in [7, 11) is 0. The van der Waals surface area contributed by atoms with Crippen molar-refractivity contribution in [1.82, 2.24) is 10.6 Å². The van der Waals surface area contributed by atoms with Crippen molar-refractivity contribution < 1.29 is 19.5 Å². The van der Waals surface area contributed by atoms with E-state index in [4.69, 9.17) is 5.11 Å². The van der Waals surface area contributed by atoms with Gasteiger partial charge in [0.05, 0.1) is 11.4 Å². The van der Waals surface area contributed by atoms with Crippen molar-refractivity contribution in [2.45, 2.75) is 26.3 Å². The van der Waals surface area contributed by atoms with Gasteiger partial charge in [-0.3, -0.25) is 9.59 Å². The number of hydrogen-bond acceptors (Lipinski definition) is 4. The number of carbonyl (C=O) groups is 3. The third-order valence-corrected chi connectivity index (χ3v) is 3.82. The average molecular weight is 298 g/mol. The van der Waals surface area contributed by atoms with Crippen LogP contribution in [0.3, 0.4) is 0 Å². The summed E-state index contributed by atoms with van der Waals surface area (Å²) >= 11 is 1.27. The van der Waals surface area contributed by atoms with Crippen LogP contribution in [-0.2, 0) is 9.59 Å². The summed E-state index contributed by atoms with van der Waals surface area (Å²) in [6.45, 7) is 3.37. The highest BCUT2D eigenvalue weighted by atomic mass is 32.1. The van der Waals surface area contributed by atoms with Gasteiger partial charge in [0.25, 0.3) is 5.91 Å². The Bertz CT molecular complexity index is 473. The molecule has 7 heteroatoms. The molecule has 0 aliphatic rings. The lowest BCUT2D eigenvalue weighted by molar-refractivity contribution is -0.143. The zero-order valence-electron chi connectivity index (χ0n) is 11.4. The normalized spacial score (nSPS) is 13.3. The van der Waals surface area contributed by atoms with Gasteiger partial charge in [0.2, 0.25) is 5.91 Å². The van der Waals surface area contributed by atoms with E-state index in [1.165, 1.54) is 11.3 Å². The van der Waals surface area contributed by atoms with E-state index < -0.39 is 17.9 Å². The van der Waals surface area contributed by atoms with Gasteiger partial charge in [0.15, 0.2) is 0 Å². The van der Waals surface area contributed by atoms with Crippen LogP contribution < -0.4 is 10.6 Å². The van der Waals surface area contributed by atoms with E-state index >= 15 is 0 Å². The molecule has 6 nitrogen and oxygen atoms in total. The molecule has 3 N–H and O–H groups in total. The molecule has 0 saturated carbocycles. The summed E-state index contributed by atoms with van der Waals surface area (Å²) in [6.07, 6.45) is 0.638. The molecule has 2 atom stereocenters. The lowest BCUT2D eigenvalue weighted by Gasteiger charge is -2.20. The van der Waals surface area contributed by atoms with E-state index in [0.29, 0.717) is 11.3 Å². The van der Waals surface area contributed by atoms with Crippen molar-refractivity contribution in [3.8, 4) is 0 Å². The smallest absolute Gasteiger partial charge is 0.326 e. The molecule has 0 saturated heterocycles. The van der Waals surface area contributed by atoms with Gasteiger partial charge in [-0.15, -0.1) is 11.3 Å². The summed E-state index contributed by atoms with van der Waals surface area (Å²) < 4.78 is 0. The fourth-order valence-corrected chi connectivity index (χ4v) is 2.20. The maximum atomic E-state index is 11.7. The first-order valence-electron chi connectivity index (χ1n) is 6.29. The van der Waals surface area contributed by atoms with Crippen molar-refractivity contribution in [3.63, 3.8) is 0 Å². The molecule has 1 aromatic rings. The lowest BCUT2D eigenvalue weighted by Crippen LogP contribution is -2.48. The van der Waals surface area contributed by atoms with Crippen LogP contribution in [0.1, 0.15) is 29.9 Å². The van der Waals surface area contributed by atoms with Crippen LogP contribution in [0.15, 0.2) is 17.5 Å². The van der Waals surface area contributed by atoms with E-state index in [2.05, 4.69) is 10.6 Å². The monoisotopic (exact) mass is 298 g/mol. The second-order valence-corrected chi connectivity index (χ2v) is 5.38. The molecule has 0 aliphatic heterocycles. The van der Waals surface area contributed by atoms with Crippen LogP contribution in [0, 0.1) is 5.92 Å². The molecule has 0 aliphatic carbocycles. The van der Waals surface area contributed by atoms with Crippen LogP contribution in [-0.4, -0.2) is 35.5 Å². The van der Waals surface area contributed by atoms with Crippen molar-refractivity contribution in [1.29, 1.82) is 0 Å². The first kappa shape index (κ1) is 16.2. The maximum absolute atomic E-state index is 11.7. The van der Waals surface area contributed by atoms with Crippen molar-refractivity contribution in [3.05, 3.63) is 22.4 Å². The molecule has 0 spiro atoms. The number of thiophene rings is 1. The van der Waals surface area contributed by atoms with E-state index in [0.717, 1.165) is 0 Å². The highest BCUT2D eigenvalue weighted by Gasteiger charge is 2.25. The summed E-state index contributed by atoms with van der Waals surface area (Å²) in [6, 6.07) is 2.45. The summed E-state index contributed by atoms with van der Waals surface area (Å²) in [5.41, 5.74) is 0. The summed E-state index contributed by atoms with van der Waals surface area (Å²) in [5, 5.41) is 15.7. The third-order valence-electron chi connectivity index (χ3n) is 2.95. The first-order valence-corrected chi connectivity index (χ1v) is 7.17. The number of carboxylic acid groups (broad SMARTS) is 1. The Morgan fingerprint density at radius 1 is 1.40 bits per heavy atom. The number of hydrogen-bond donors (Lipinski definition) is 3. The van der Waals surface area contributed by atoms with Gasteiger partial charge in [0.1, 0.15) is 6.04 Å². The molecule has 1 aromatic heterocycles. The molecule has 0 bridgehead atoms. The van der Waals surface area contributed by atoms with Crippen LogP contribution in [0.25, 0.3) is 0 Å². The van der Waals surface area contributed by atoms with Crippen LogP contribution >= 0.6 is 11.3 Å². The highest BCUT2D eigenvalue weighted by Crippen LogP contribution is 2.08. The Hall–Kier alpha value is -1.89. The number of rotatable bonds is 7. The average Bonchev–Trinajstić information content (AvgIpc) is 2.95. The molecule has 2 amide bonds. The number of aliphatic carboxylic acids is 1. The number of amides is 2. The third kappa shape index (κ3) is 4.65. The molecule has 1 heterocycles. The predicted octanol–water partition coefficient (Wildman–Crippen LogP) is 1.09. The zero-order chi connectivity index (χ0) is 15.1. The highest BCUT2D eigenvalue weighted by molar-refractivity contribution is 7.12.